The van der Waals surface area contributed by atoms with Crippen LogP contribution in [0.25, 0.3) is 11.2 Å². The number of primary amides is 1. The molecule has 1 aromatic carbocycles. The van der Waals surface area contributed by atoms with Crippen LogP contribution in [0.1, 0.15) is 51.5 Å². The molecule has 1 atom stereocenters. The topological polar surface area (TPSA) is 114 Å². The van der Waals surface area contributed by atoms with Crippen LogP contribution in [0.4, 0.5) is 22.0 Å². The van der Waals surface area contributed by atoms with E-state index in [1.54, 1.807) is 6.20 Å². The minimum Gasteiger partial charge on any atom is -0.369 e. The Morgan fingerprint density at radius 2 is 1.97 bits per heavy atom. The van der Waals surface area contributed by atoms with E-state index in [0.717, 1.165) is 32.5 Å². The van der Waals surface area contributed by atoms with Gasteiger partial charge in [0.25, 0.3) is 0 Å². The van der Waals surface area contributed by atoms with Crippen molar-refractivity contribution in [2.24, 2.45) is 11.7 Å². The van der Waals surface area contributed by atoms with Gasteiger partial charge in [-0.05, 0) is 63.7 Å². The van der Waals surface area contributed by atoms with Crippen LogP contribution < -0.4 is 16.4 Å². The molecule has 1 aliphatic heterocycles. The molecule has 0 spiro atoms. The number of hydrogen-bond donors (Lipinski definition) is 3. The molecule has 1 amide bonds. The van der Waals surface area contributed by atoms with Crippen molar-refractivity contribution in [2.45, 2.75) is 57.5 Å². The molecule has 0 unspecified atom stereocenters. The Labute approximate surface area is 224 Å². The van der Waals surface area contributed by atoms with Gasteiger partial charge in [-0.1, -0.05) is 30.1 Å². The summed E-state index contributed by atoms with van der Waals surface area (Å²) in [5.41, 5.74) is 6.86. The van der Waals surface area contributed by atoms with Crippen molar-refractivity contribution >= 4 is 57.9 Å². The number of hydrogen-bond acceptors (Lipinski definition) is 7. The number of nitrogens with zero attached hydrogens (tertiary/aromatic N) is 5. The van der Waals surface area contributed by atoms with Crippen molar-refractivity contribution in [3.8, 4) is 0 Å². The third kappa shape index (κ3) is 5.61. The Bertz CT molecular complexity index is 1270. The number of amides is 1. The normalized spacial score (nSPS) is 22.8. The average molecular weight is 549 g/mol. The standard InChI is InChI=1S/C25H31Cl2FN8O/c1-2-35-9-3-4-16(13-35)31-24-30-12-20-23(34-24)36(17-7-5-14(6-8-17)22(29)37)25(32-20)33-21-18(27)10-15(26)11-19(21)28/h10-12,14,16-17H,2-9,13H2,1H3,(H2,29,37)(H,32,33)(H,30,31,34)/t14?,16-,17?/m1/s1. The number of nitrogens with one attached hydrogen (secondary N) is 2. The first-order valence-corrected chi connectivity index (χ1v) is 13.5. The van der Waals surface area contributed by atoms with Crippen LogP contribution in [0.5, 0.6) is 0 Å². The first kappa shape index (κ1) is 25.9. The van der Waals surface area contributed by atoms with Crippen LogP contribution >= 0.6 is 23.2 Å². The molecule has 5 rings (SSSR count). The van der Waals surface area contributed by atoms with Gasteiger partial charge in [-0.15, -0.1) is 0 Å². The van der Waals surface area contributed by atoms with E-state index >= 15 is 0 Å². The summed E-state index contributed by atoms with van der Waals surface area (Å²) in [5, 5.41) is 6.91. The zero-order valence-corrected chi connectivity index (χ0v) is 22.2. The molecule has 0 radical (unpaired) electrons. The maximum atomic E-state index is 14.8. The number of halogens is 3. The van der Waals surface area contributed by atoms with Crippen LogP contribution in [-0.2, 0) is 4.79 Å². The monoisotopic (exact) mass is 548 g/mol. The van der Waals surface area contributed by atoms with E-state index in [1.165, 1.54) is 12.1 Å². The van der Waals surface area contributed by atoms with E-state index in [1.807, 2.05) is 4.57 Å². The number of imidazole rings is 1. The molecule has 3 heterocycles. The van der Waals surface area contributed by atoms with Gasteiger partial charge >= 0.3 is 0 Å². The van der Waals surface area contributed by atoms with Crippen LogP contribution in [0.2, 0.25) is 10.0 Å². The van der Waals surface area contributed by atoms with Gasteiger partial charge < -0.3 is 21.3 Å². The third-order valence-electron chi connectivity index (χ3n) is 7.43. The molecule has 1 aliphatic carbocycles. The number of fused-ring (bicyclic) bond motifs is 1. The van der Waals surface area contributed by atoms with Gasteiger partial charge in [0.1, 0.15) is 11.3 Å². The molecular formula is C25H31Cl2FN8O. The van der Waals surface area contributed by atoms with E-state index in [4.69, 9.17) is 38.9 Å². The maximum absolute atomic E-state index is 14.8. The Morgan fingerprint density at radius 3 is 2.68 bits per heavy atom. The molecule has 2 aromatic heterocycles. The van der Waals surface area contributed by atoms with Crippen LogP contribution in [0, 0.1) is 11.7 Å². The largest absolute Gasteiger partial charge is 0.369 e. The summed E-state index contributed by atoms with van der Waals surface area (Å²) in [6.07, 6.45) is 6.62. The molecule has 37 heavy (non-hydrogen) atoms. The minimum absolute atomic E-state index is 0.00903. The smallest absolute Gasteiger partial charge is 0.225 e. The highest BCUT2D eigenvalue weighted by Crippen LogP contribution is 2.38. The van der Waals surface area contributed by atoms with Crippen molar-refractivity contribution in [3.05, 3.63) is 34.2 Å². The van der Waals surface area contributed by atoms with Gasteiger partial charge in [-0.2, -0.15) is 4.98 Å². The van der Waals surface area contributed by atoms with E-state index in [9.17, 15) is 9.18 Å². The molecule has 1 saturated heterocycles. The molecule has 2 fully saturated rings. The predicted molar refractivity (Wildman–Crippen MR) is 144 cm³/mol. The number of anilines is 3. The van der Waals surface area contributed by atoms with Gasteiger partial charge in [-0.25, -0.2) is 14.4 Å². The van der Waals surface area contributed by atoms with Gasteiger partial charge in [0, 0.05) is 29.6 Å². The minimum atomic E-state index is -0.584. The quantitative estimate of drug-likeness (QED) is 0.375. The van der Waals surface area contributed by atoms with Crippen molar-refractivity contribution in [2.75, 3.05) is 30.3 Å². The number of benzene rings is 1. The predicted octanol–water partition coefficient (Wildman–Crippen LogP) is 5.13. The second-order valence-corrected chi connectivity index (χ2v) is 10.7. The molecule has 0 bridgehead atoms. The molecule has 1 saturated carbocycles. The highest BCUT2D eigenvalue weighted by Gasteiger charge is 2.30. The number of rotatable bonds is 7. The number of likely N-dealkylation sites (N-methyl/N-ethyl adjacent to an activating group) is 1. The van der Waals surface area contributed by atoms with Gasteiger partial charge in [-0.3, -0.25) is 9.36 Å². The number of aromatic nitrogens is 4. The molecule has 198 valence electrons. The summed E-state index contributed by atoms with van der Waals surface area (Å²) in [5.74, 6) is -0.0682. The summed E-state index contributed by atoms with van der Waals surface area (Å²) in [6.45, 7) is 5.22. The summed E-state index contributed by atoms with van der Waals surface area (Å²) < 4.78 is 16.8. The summed E-state index contributed by atoms with van der Waals surface area (Å²) >= 11 is 12.3. The SMILES string of the molecule is CCN1CCC[C@@H](Nc2ncc3nc(Nc4c(F)cc(Cl)cc4Cl)n(C4CCC(C(N)=O)CC4)c3n2)C1. The summed E-state index contributed by atoms with van der Waals surface area (Å²) in [7, 11) is 0. The second kappa shape index (κ2) is 11.0. The fourth-order valence-electron chi connectivity index (χ4n) is 5.43. The van der Waals surface area contributed by atoms with Crippen molar-refractivity contribution in [1.82, 2.24) is 24.4 Å². The zero-order valence-electron chi connectivity index (χ0n) is 20.7. The van der Waals surface area contributed by atoms with Crippen LogP contribution in [0.15, 0.2) is 18.3 Å². The van der Waals surface area contributed by atoms with Crippen molar-refractivity contribution < 1.29 is 9.18 Å². The fourth-order valence-corrected chi connectivity index (χ4v) is 5.95. The van der Waals surface area contributed by atoms with Gasteiger partial charge in [0.05, 0.1) is 16.9 Å². The number of likely N-dealkylation sites (tertiary alicyclic amines) is 1. The lowest BCUT2D eigenvalue weighted by atomic mass is 9.85. The number of carbonyl (C=O) groups excluding carboxylic acids is 1. The Hall–Kier alpha value is -2.69. The number of carbonyl (C=O) groups is 1. The van der Waals surface area contributed by atoms with Crippen LogP contribution in [-0.4, -0.2) is 56.0 Å². The fraction of sp³-hybridized carbons (Fsp3) is 0.520. The molecule has 3 aromatic rings. The lowest BCUT2D eigenvalue weighted by molar-refractivity contribution is -0.122. The Morgan fingerprint density at radius 1 is 1.19 bits per heavy atom. The Balaban J connectivity index is 1.50. The van der Waals surface area contributed by atoms with Crippen LogP contribution in [0.3, 0.4) is 0 Å². The first-order valence-electron chi connectivity index (χ1n) is 12.8. The van der Waals surface area contributed by atoms with E-state index in [-0.39, 0.29) is 39.6 Å². The number of nitrogens with two attached hydrogens (primary N) is 1. The molecule has 12 heteroatoms. The third-order valence-corrected chi connectivity index (χ3v) is 7.94. The lowest BCUT2D eigenvalue weighted by Gasteiger charge is -2.32. The van der Waals surface area contributed by atoms with Crippen molar-refractivity contribution in [3.63, 3.8) is 0 Å². The van der Waals surface area contributed by atoms with Gasteiger partial charge in [0.2, 0.25) is 17.8 Å². The molecule has 9 nitrogen and oxygen atoms in total. The summed E-state index contributed by atoms with van der Waals surface area (Å²) in [4.78, 5) is 28.2. The molecule has 4 N–H and O–H groups in total. The maximum Gasteiger partial charge on any atom is 0.225 e. The summed E-state index contributed by atoms with van der Waals surface area (Å²) in [6, 6.07) is 2.93. The Kier molecular flexibility index (Phi) is 7.69. The van der Waals surface area contributed by atoms with E-state index in [2.05, 4.69) is 27.4 Å². The highest BCUT2D eigenvalue weighted by molar-refractivity contribution is 6.36. The van der Waals surface area contributed by atoms with Gasteiger partial charge in [0.15, 0.2) is 5.65 Å². The van der Waals surface area contributed by atoms with E-state index < -0.39 is 5.82 Å². The van der Waals surface area contributed by atoms with Crippen molar-refractivity contribution in [1.29, 1.82) is 0 Å². The zero-order chi connectivity index (χ0) is 26.1. The molecular weight excluding hydrogens is 518 g/mol. The number of piperidine rings is 1. The first-order chi connectivity index (χ1) is 17.8. The van der Waals surface area contributed by atoms with E-state index in [0.29, 0.717) is 48.7 Å². The highest BCUT2D eigenvalue weighted by atomic mass is 35.5. The molecule has 2 aliphatic rings. The lowest BCUT2D eigenvalue weighted by Crippen LogP contribution is -2.42. The average Bonchev–Trinajstić information content (AvgIpc) is 3.23. The second-order valence-electron chi connectivity index (χ2n) is 9.86.